The van der Waals surface area contributed by atoms with Crippen LogP contribution in [0, 0.1) is 0 Å². The highest BCUT2D eigenvalue weighted by atomic mass is 33.1. The Balaban J connectivity index is 2.27. The Morgan fingerprint density at radius 1 is 1.36 bits per heavy atom. The van der Waals surface area contributed by atoms with Crippen molar-refractivity contribution >= 4 is 27.5 Å². The van der Waals surface area contributed by atoms with Gasteiger partial charge in [0, 0.05) is 0 Å². The van der Waals surface area contributed by atoms with Crippen LogP contribution in [0.3, 0.4) is 0 Å². The predicted octanol–water partition coefficient (Wildman–Crippen LogP) is 2.31. The molecule has 0 bridgehead atoms. The van der Waals surface area contributed by atoms with Crippen molar-refractivity contribution in [1.82, 2.24) is 5.32 Å². The molecule has 1 amide bonds. The second kappa shape index (κ2) is 6.79. The van der Waals surface area contributed by atoms with Gasteiger partial charge in [-0.25, -0.2) is 0 Å². The number of carbonyl (C=O) groups is 1. The highest BCUT2D eigenvalue weighted by molar-refractivity contribution is 8.76. The van der Waals surface area contributed by atoms with Gasteiger partial charge in [-0.3, -0.25) is 4.79 Å². The fourth-order valence-electron chi connectivity index (χ4n) is 1.01. The number of amides is 1. The molecule has 0 aliphatic heterocycles. The van der Waals surface area contributed by atoms with E-state index in [1.165, 1.54) is 0 Å². The normalized spacial score (nSPS) is 9.79. The minimum atomic E-state index is 0.0813. The first kappa shape index (κ1) is 11.5. The monoisotopic (exact) mass is 227 g/mol. The molecule has 0 atom stereocenters. The van der Waals surface area contributed by atoms with Gasteiger partial charge >= 0.3 is 0 Å². The maximum Gasteiger partial charge on any atom is 0.225 e. The molecule has 1 rings (SSSR count). The van der Waals surface area contributed by atoms with Crippen molar-refractivity contribution in [1.29, 1.82) is 0 Å². The molecular weight excluding hydrogens is 214 g/mol. The molecule has 76 valence electrons. The molecule has 1 aromatic rings. The van der Waals surface area contributed by atoms with Gasteiger partial charge in [-0.05, 0) is 11.8 Å². The molecule has 14 heavy (non-hydrogen) atoms. The Morgan fingerprint density at radius 2 is 2.07 bits per heavy atom. The van der Waals surface area contributed by atoms with Gasteiger partial charge in [-0.2, -0.15) is 0 Å². The Morgan fingerprint density at radius 3 is 2.71 bits per heavy atom. The van der Waals surface area contributed by atoms with E-state index in [2.05, 4.69) is 5.32 Å². The lowest BCUT2D eigenvalue weighted by Crippen LogP contribution is -2.24. The van der Waals surface area contributed by atoms with E-state index in [1.807, 2.05) is 36.6 Å². The zero-order chi connectivity index (χ0) is 10.2. The van der Waals surface area contributed by atoms with E-state index in [4.69, 9.17) is 0 Å². The van der Waals surface area contributed by atoms with Gasteiger partial charge in [0.25, 0.3) is 0 Å². The number of rotatable bonds is 5. The number of benzene rings is 1. The third kappa shape index (κ3) is 4.58. The first-order chi connectivity index (χ1) is 6.83. The topological polar surface area (TPSA) is 29.1 Å². The lowest BCUT2D eigenvalue weighted by Gasteiger charge is -2.03. The fraction of sp³-hybridized carbons (Fsp3) is 0.300. The van der Waals surface area contributed by atoms with E-state index < -0.39 is 0 Å². The fourth-order valence-corrected chi connectivity index (χ4v) is 1.88. The van der Waals surface area contributed by atoms with E-state index in [1.54, 1.807) is 21.6 Å². The Hall–Kier alpha value is -0.610. The Kier molecular flexibility index (Phi) is 5.56. The second-order valence-corrected chi connectivity index (χ2v) is 5.26. The summed E-state index contributed by atoms with van der Waals surface area (Å²) in [7, 11) is 3.28. The highest BCUT2D eigenvalue weighted by Crippen LogP contribution is 2.14. The van der Waals surface area contributed by atoms with Gasteiger partial charge in [0.05, 0.1) is 12.3 Å². The highest BCUT2D eigenvalue weighted by Gasteiger charge is 2.01. The average molecular weight is 227 g/mol. The van der Waals surface area contributed by atoms with E-state index >= 15 is 0 Å². The molecule has 0 saturated carbocycles. The SMILES string of the molecule is CSSCNC(=O)Cc1ccccc1. The predicted molar refractivity (Wildman–Crippen MR) is 64.3 cm³/mol. The van der Waals surface area contributed by atoms with Crippen molar-refractivity contribution in [3.05, 3.63) is 35.9 Å². The molecule has 0 heterocycles. The molecule has 0 spiro atoms. The van der Waals surface area contributed by atoms with Gasteiger partial charge in [0.1, 0.15) is 0 Å². The molecular formula is C10H13NOS2. The van der Waals surface area contributed by atoms with E-state index in [0.29, 0.717) is 12.3 Å². The smallest absolute Gasteiger partial charge is 0.225 e. The third-order valence-corrected chi connectivity index (χ3v) is 3.21. The zero-order valence-corrected chi connectivity index (χ0v) is 9.66. The summed E-state index contributed by atoms with van der Waals surface area (Å²) in [5.74, 6) is 0.755. The van der Waals surface area contributed by atoms with Crippen molar-refractivity contribution in [2.24, 2.45) is 0 Å². The molecule has 0 aromatic heterocycles. The van der Waals surface area contributed by atoms with Crippen LogP contribution in [0.15, 0.2) is 30.3 Å². The van der Waals surface area contributed by atoms with Gasteiger partial charge in [0.15, 0.2) is 0 Å². The summed E-state index contributed by atoms with van der Waals surface area (Å²) in [5.41, 5.74) is 1.05. The third-order valence-electron chi connectivity index (χ3n) is 1.65. The molecule has 0 unspecified atom stereocenters. The van der Waals surface area contributed by atoms with Crippen molar-refractivity contribution < 1.29 is 4.79 Å². The van der Waals surface area contributed by atoms with Crippen molar-refractivity contribution in [3.8, 4) is 0 Å². The Bertz CT molecular complexity index is 277. The molecule has 0 radical (unpaired) electrons. The number of hydrogen-bond acceptors (Lipinski definition) is 3. The van der Waals surface area contributed by atoms with Gasteiger partial charge in [-0.15, -0.1) is 0 Å². The summed E-state index contributed by atoms with van der Waals surface area (Å²) in [6.07, 6.45) is 2.46. The molecule has 4 heteroatoms. The Labute approximate surface area is 92.2 Å². The van der Waals surface area contributed by atoms with Crippen LogP contribution < -0.4 is 5.32 Å². The van der Waals surface area contributed by atoms with Crippen LogP contribution in [0.1, 0.15) is 5.56 Å². The summed E-state index contributed by atoms with van der Waals surface area (Å²) in [6.45, 7) is 0. The van der Waals surface area contributed by atoms with Crippen LogP contribution in [0.5, 0.6) is 0 Å². The molecule has 0 aliphatic rings. The summed E-state index contributed by atoms with van der Waals surface area (Å²) < 4.78 is 0. The van der Waals surface area contributed by atoms with E-state index in [-0.39, 0.29) is 5.91 Å². The maximum atomic E-state index is 11.4. The van der Waals surface area contributed by atoms with Crippen LogP contribution >= 0.6 is 21.6 Å². The lowest BCUT2D eigenvalue weighted by atomic mass is 10.1. The van der Waals surface area contributed by atoms with Crippen molar-refractivity contribution in [2.75, 3.05) is 12.1 Å². The summed E-state index contributed by atoms with van der Waals surface area (Å²) in [4.78, 5) is 11.4. The minimum Gasteiger partial charge on any atom is -0.346 e. The molecule has 0 saturated heterocycles. The van der Waals surface area contributed by atoms with Crippen molar-refractivity contribution in [3.63, 3.8) is 0 Å². The van der Waals surface area contributed by atoms with Crippen LogP contribution in [0.25, 0.3) is 0 Å². The van der Waals surface area contributed by atoms with Crippen molar-refractivity contribution in [2.45, 2.75) is 6.42 Å². The first-order valence-corrected chi connectivity index (χ1v) is 7.02. The standard InChI is InChI=1S/C10H13NOS2/c1-13-14-8-11-10(12)7-9-5-3-2-4-6-9/h2-6H,7-8H2,1H3,(H,11,12). The quantitative estimate of drug-likeness (QED) is 0.475. The maximum absolute atomic E-state index is 11.4. The van der Waals surface area contributed by atoms with Gasteiger partial charge in [-0.1, -0.05) is 51.9 Å². The summed E-state index contributed by atoms with van der Waals surface area (Å²) in [6, 6.07) is 9.76. The number of carbonyl (C=O) groups excluding carboxylic acids is 1. The number of nitrogens with one attached hydrogen (secondary N) is 1. The summed E-state index contributed by atoms with van der Waals surface area (Å²) in [5, 5.41) is 2.84. The van der Waals surface area contributed by atoms with Crippen LogP contribution in [0.2, 0.25) is 0 Å². The van der Waals surface area contributed by atoms with Gasteiger partial charge in [0.2, 0.25) is 5.91 Å². The second-order valence-electron chi connectivity index (χ2n) is 2.69. The zero-order valence-electron chi connectivity index (χ0n) is 8.03. The molecule has 0 fully saturated rings. The summed E-state index contributed by atoms with van der Waals surface area (Å²) >= 11 is 0. The van der Waals surface area contributed by atoms with E-state index in [0.717, 1.165) is 5.56 Å². The molecule has 2 nitrogen and oxygen atoms in total. The molecule has 0 aliphatic carbocycles. The first-order valence-electron chi connectivity index (χ1n) is 4.29. The lowest BCUT2D eigenvalue weighted by molar-refractivity contribution is -0.120. The minimum absolute atomic E-state index is 0.0813. The largest absolute Gasteiger partial charge is 0.346 e. The average Bonchev–Trinajstić information content (AvgIpc) is 2.20. The molecule has 1 aromatic carbocycles. The van der Waals surface area contributed by atoms with Crippen LogP contribution in [-0.2, 0) is 11.2 Å². The van der Waals surface area contributed by atoms with Crippen LogP contribution in [-0.4, -0.2) is 18.0 Å². The van der Waals surface area contributed by atoms with Gasteiger partial charge < -0.3 is 5.32 Å². The molecule has 1 N–H and O–H groups in total. The number of hydrogen-bond donors (Lipinski definition) is 1. The van der Waals surface area contributed by atoms with Crippen LogP contribution in [0.4, 0.5) is 0 Å². The van der Waals surface area contributed by atoms with E-state index in [9.17, 15) is 4.79 Å².